The number of carbonyl (C=O) groups excluding carboxylic acids is 1. The van der Waals surface area contributed by atoms with Crippen molar-refractivity contribution in [3.63, 3.8) is 0 Å². The van der Waals surface area contributed by atoms with Crippen LogP contribution in [0.2, 0.25) is 0 Å². The van der Waals surface area contributed by atoms with Crippen LogP contribution < -0.4 is 20.1 Å². The van der Waals surface area contributed by atoms with Gasteiger partial charge >= 0.3 is 5.97 Å². The first kappa shape index (κ1) is 19.4. The number of nitriles is 1. The second-order valence-corrected chi connectivity index (χ2v) is 6.11. The minimum atomic E-state index is -0.745. The lowest BCUT2D eigenvalue weighted by Crippen LogP contribution is -2.34. The molecule has 0 aliphatic heterocycles. The summed E-state index contributed by atoms with van der Waals surface area (Å²) in [7, 11) is 1.52. The number of thiazole rings is 1. The van der Waals surface area contributed by atoms with E-state index in [4.69, 9.17) is 9.47 Å². The first-order valence-electron chi connectivity index (χ1n) is 7.94. The Morgan fingerprint density at radius 3 is 2.73 bits per heavy atom. The molecule has 0 aliphatic rings. The van der Waals surface area contributed by atoms with Crippen molar-refractivity contribution >= 4 is 34.8 Å². The minimum Gasteiger partial charge on any atom is -0.462 e. The predicted molar refractivity (Wildman–Crippen MR) is 99.9 cm³/mol. The highest BCUT2D eigenvalue weighted by atomic mass is 32.1. The van der Waals surface area contributed by atoms with Crippen LogP contribution in [0.3, 0.4) is 0 Å². The van der Waals surface area contributed by atoms with Gasteiger partial charge in [0.15, 0.2) is 5.57 Å². The summed E-state index contributed by atoms with van der Waals surface area (Å²) in [5.41, 5.74) is 0.326. The van der Waals surface area contributed by atoms with E-state index in [1.54, 1.807) is 13.1 Å². The maximum absolute atomic E-state index is 12.7. The number of nitrogens with one attached hydrogen (secondary N) is 1. The summed E-state index contributed by atoms with van der Waals surface area (Å²) in [5, 5.41) is 12.4. The number of rotatable bonds is 7. The van der Waals surface area contributed by atoms with Gasteiger partial charge in [-0.1, -0.05) is 18.2 Å². The topological polar surface area (TPSA) is 93.4 Å². The Hall–Kier alpha value is -2.89. The average Bonchev–Trinajstić information content (AvgIpc) is 2.95. The number of nitrogens with zero attached hydrogens (tertiary/aromatic N) is 2. The summed E-state index contributed by atoms with van der Waals surface area (Å²) < 4.78 is 11.9. The Bertz CT molecular complexity index is 971. The first-order valence-corrected chi connectivity index (χ1v) is 8.75. The van der Waals surface area contributed by atoms with Crippen LogP contribution in [0.1, 0.15) is 6.92 Å². The van der Waals surface area contributed by atoms with Gasteiger partial charge in [0.2, 0.25) is 0 Å². The van der Waals surface area contributed by atoms with E-state index in [1.807, 2.05) is 36.4 Å². The van der Waals surface area contributed by atoms with Gasteiger partial charge < -0.3 is 14.8 Å². The lowest BCUT2D eigenvalue weighted by atomic mass is 10.3. The Morgan fingerprint density at radius 1 is 1.38 bits per heavy atom. The third-order valence-electron chi connectivity index (χ3n) is 3.38. The van der Waals surface area contributed by atoms with Gasteiger partial charge in [0.25, 0.3) is 5.56 Å². The number of ether oxygens (including phenoxy) is 2. The van der Waals surface area contributed by atoms with Gasteiger partial charge in [0.1, 0.15) is 15.3 Å². The summed E-state index contributed by atoms with van der Waals surface area (Å²) in [6, 6.07) is 11.2. The van der Waals surface area contributed by atoms with Gasteiger partial charge in [-0.15, -0.1) is 11.3 Å². The highest BCUT2D eigenvalue weighted by Gasteiger charge is 2.16. The zero-order valence-electron chi connectivity index (χ0n) is 14.5. The third-order valence-corrected chi connectivity index (χ3v) is 4.51. The average molecular weight is 373 g/mol. The van der Waals surface area contributed by atoms with Crippen molar-refractivity contribution in [1.29, 1.82) is 5.26 Å². The summed E-state index contributed by atoms with van der Waals surface area (Å²) in [5.74, 6) is -0.745. The molecule has 26 heavy (non-hydrogen) atoms. The highest BCUT2D eigenvalue weighted by Crippen LogP contribution is 2.04. The van der Waals surface area contributed by atoms with Gasteiger partial charge in [-0.25, -0.2) is 4.79 Å². The van der Waals surface area contributed by atoms with Gasteiger partial charge in [-0.3, -0.25) is 9.36 Å². The number of esters is 1. The fourth-order valence-corrected chi connectivity index (χ4v) is 3.20. The summed E-state index contributed by atoms with van der Waals surface area (Å²) >= 11 is 1.06. The molecule has 0 bridgehead atoms. The lowest BCUT2D eigenvalue weighted by molar-refractivity contribution is -0.136. The summed E-state index contributed by atoms with van der Waals surface area (Å²) in [4.78, 5) is 24.7. The molecular weight excluding hydrogens is 354 g/mol. The van der Waals surface area contributed by atoms with Crippen LogP contribution in [-0.4, -0.2) is 30.9 Å². The molecule has 0 unspecified atom stereocenters. The Balaban J connectivity index is 2.59. The lowest BCUT2D eigenvalue weighted by Gasteiger charge is -2.03. The number of hydrogen-bond acceptors (Lipinski definition) is 7. The van der Waals surface area contributed by atoms with Gasteiger partial charge in [-0.2, -0.15) is 5.26 Å². The SMILES string of the molecule is CCOC(=O)C(C#N)=c1sc(=CNc2ccccc2)c(=O)n1CCOC. The molecule has 2 rings (SSSR count). The van der Waals surface area contributed by atoms with Crippen LogP contribution in [-0.2, 0) is 20.8 Å². The second-order valence-electron chi connectivity index (χ2n) is 5.08. The number of para-hydroxylation sites is 1. The molecule has 136 valence electrons. The molecule has 0 atom stereocenters. The number of hydrogen-bond donors (Lipinski definition) is 1. The molecule has 7 nitrogen and oxygen atoms in total. The van der Waals surface area contributed by atoms with Gasteiger partial charge in [0, 0.05) is 19.0 Å². The predicted octanol–water partition coefficient (Wildman–Crippen LogP) is 0.644. The van der Waals surface area contributed by atoms with Crippen molar-refractivity contribution in [2.45, 2.75) is 13.5 Å². The number of anilines is 1. The molecule has 1 aromatic carbocycles. The molecule has 0 aliphatic carbocycles. The van der Waals surface area contributed by atoms with E-state index in [0.717, 1.165) is 17.0 Å². The van der Waals surface area contributed by atoms with Gasteiger partial charge in [-0.05, 0) is 19.1 Å². The molecule has 0 amide bonds. The molecule has 0 spiro atoms. The van der Waals surface area contributed by atoms with E-state index in [0.29, 0.717) is 4.53 Å². The van der Waals surface area contributed by atoms with E-state index >= 15 is 0 Å². The summed E-state index contributed by atoms with van der Waals surface area (Å²) in [6.45, 7) is 2.30. The van der Waals surface area contributed by atoms with Crippen molar-refractivity contribution < 1.29 is 14.3 Å². The van der Waals surface area contributed by atoms with Crippen LogP contribution in [0.15, 0.2) is 35.1 Å². The van der Waals surface area contributed by atoms with Crippen LogP contribution >= 0.6 is 11.3 Å². The molecule has 8 heteroatoms. The Morgan fingerprint density at radius 2 is 2.12 bits per heavy atom. The Kier molecular flexibility index (Phi) is 7.14. The number of carbonyl (C=O) groups is 1. The molecule has 0 saturated carbocycles. The smallest absolute Gasteiger partial charge is 0.351 e. The number of methoxy groups -OCH3 is 1. The number of benzene rings is 1. The zero-order valence-corrected chi connectivity index (χ0v) is 15.3. The van der Waals surface area contributed by atoms with Crippen LogP contribution in [0.25, 0.3) is 11.8 Å². The monoisotopic (exact) mass is 373 g/mol. The fraction of sp³-hybridized carbons (Fsp3) is 0.278. The van der Waals surface area contributed by atoms with Crippen molar-refractivity contribution in [3.05, 3.63) is 49.9 Å². The quantitative estimate of drug-likeness (QED) is 0.716. The molecule has 0 fully saturated rings. The molecule has 1 aromatic heterocycles. The Labute approximate surface area is 154 Å². The second kappa shape index (κ2) is 9.56. The zero-order chi connectivity index (χ0) is 18.9. The van der Waals surface area contributed by atoms with Gasteiger partial charge in [0.05, 0.1) is 19.8 Å². The van der Waals surface area contributed by atoms with Crippen molar-refractivity contribution in [3.8, 4) is 6.07 Å². The molecule has 0 saturated heterocycles. The molecule has 1 heterocycles. The maximum atomic E-state index is 12.7. The summed E-state index contributed by atoms with van der Waals surface area (Å²) in [6.07, 6.45) is 1.56. The van der Waals surface area contributed by atoms with E-state index in [-0.39, 0.29) is 35.6 Å². The van der Waals surface area contributed by atoms with Crippen molar-refractivity contribution in [1.82, 2.24) is 4.57 Å². The van der Waals surface area contributed by atoms with Crippen molar-refractivity contribution in [2.75, 3.05) is 25.6 Å². The van der Waals surface area contributed by atoms with E-state index in [1.165, 1.54) is 11.7 Å². The maximum Gasteiger partial charge on any atom is 0.351 e. The normalized spacial score (nSPS) is 12.4. The van der Waals surface area contributed by atoms with Crippen molar-refractivity contribution in [2.24, 2.45) is 0 Å². The standard InChI is InChI=1S/C18H19N3O4S/c1-3-25-18(23)14(11-19)17-21(9-10-24-2)16(22)15(26-17)12-20-13-7-5-4-6-8-13/h4-8,12,20H,3,9-10H2,1-2H3. The third kappa shape index (κ3) is 4.59. The largest absolute Gasteiger partial charge is 0.462 e. The molecule has 1 N–H and O–H groups in total. The number of aromatic nitrogens is 1. The molecule has 0 radical (unpaired) electrons. The highest BCUT2D eigenvalue weighted by molar-refractivity contribution is 7.07. The fourth-order valence-electron chi connectivity index (χ4n) is 2.16. The van der Waals surface area contributed by atoms with E-state index in [9.17, 15) is 14.9 Å². The molecule has 2 aromatic rings. The molecular formula is C18H19N3O4S. The van der Waals surface area contributed by atoms with Crippen LogP contribution in [0.5, 0.6) is 0 Å². The first-order chi connectivity index (χ1) is 12.6. The van der Waals surface area contributed by atoms with Crippen LogP contribution in [0, 0.1) is 11.3 Å². The van der Waals surface area contributed by atoms with E-state index < -0.39 is 5.97 Å². The van der Waals surface area contributed by atoms with E-state index in [2.05, 4.69) is 5.32 Å². The van der Waals surface area contributed by atoms with Crippen LogP contribution in [0.4, 0.5) is 5.69 Å². The minimum absolute atomic E-state index is 0.145.